The Morgan fingerprint density at radius 2 is 2.00 bits per heavy atom. The van der Waals surface area contributed by atoms with E-state index in [1.165, 1.54) is 11.5 Å². The van der Waals surface area contributed by atoms with Gasteiger partial charge in [-0.15, -0.1) is 11.8 Å². The van der Waals surface area contributed by atoms with Gasteiger partial charge in [-0.25, -0.2) is 0 Å². The van der Waals surface area contributed by atoms with Crippen LogP contribution in [-0.4, -0.2) is 29.1 Å². The van der Waals surface area contributed by atoms with Gasteiger partial charge in [0, 0.05) is 23.4 Å². The number of nitrogens with one attached hydrogen (secondary N) is 1. The highest BCUT2D eigenvalue weighted by Gasteiger charge is 2.34. The van der Waals surface area contributed by atoms with Gasteiger partial charge in [-0.3, -0.25) is 9.98 Å². The maximum Gasteiger partial charge on any atom is 0.150 e. The molecule has 23 heavy (non-hydrogen) atoms. The van der Waals surface area contributed by atoms with E-state index < -0.39 is 0 Å². The fourth-order valence-corrected chi connectivity index (χ4v) is 3.61. The van der Waals surface area contributed by atoms with E-state index in [-0.39, 0.29) is 0 Å². The lowest BCUT2D eigenvalue weighted by Crippen LogP contribution is -2.18. The largest absolute Gasteiger partial charge is 0.455 e. The van der Waals surface area contributed by atoms with Gasteiger partial charge in [0.15, 0.2) is 5.75 Å². The first-order chi connectivity index (χ1) is 11.4. The van der Waals surface area contributed by atoms with Gasteiger partial charge in [0.25, 0.3) is 0 Å². The van der Waals surface area contributed by atoms with Gasteiger partial charge < -0.3 is 10.1 Å². The average molecular weight is 321 g/mol. The second kappa shape index (κ2) is 5.13. The highest BCUT2D eigenvalue weighted by atomic mass is 32.2. The third-order valence-electron chi connectivity index (χ3n) is 4.26. The molecule has 114 valence electrons. The Labute approximate surface area is 138 Å². The van der Waals surface area contributed by atoms with E-state index in [2.05, 4.69) is 27.4 Å². The van der Waals surface area contributed by atoms with Crippen molar-refractivity contribution in [3.63, 3.8) is 0 Å². The van der Waals surface area contributed by atoms with Crippen molar-refractivity contribution in [3.8, 4) is 11.5 Å². The molecule has 0 aromatic heterocycles. The van der Waals surface area contributed by atoms with Crippen LogP contribution in [0.1, 0.15) is 11.1 Å². The molecular formula is C18H15N3OS. The van der Waals surface area contributed by atoms with Crippen LogP contribution in [0.4, 0.5) is 5.69 Å². The Bertz CT molecular complexity index is 855. The summed E-state index contributed by atoms with van der Waals surface area (Å²) in [5, 5.41) is 4.00. The molecule has 2 aromatic carbocycles. The number of rotatable bonds is 2. The molecule has 1 unspecified atom stereocenters. The fourth-order valence-electron chi connectivity index (χ4n) is 3.01. The summed E-state index contributed by atoms with van der Waals surface area (Å²) in [5.41, 5.74) is 5.55. The second-order valence-electron chi connectivity index (χ2n) is 5.79. The Kier molecular flexibility index (Phi) is 2.94. The predicted molar refractivity (Wildman–Crippen MR) is 95.4 cm³/mol. The van der Waals surface area contributed by atoms with Gasteiger partial charge >= 0.3 is 0 Å². The van der Waals surface area contributed by atoms with Crippen molar-refractivity contribution >= 4 is 28.9 Å². The lowest BCUT2D eigenvalue weighted by atomic mass is 10.0. The van der Waals surface area contributed by atoms with Crippen molar-refractivity contribution in [1.82, 2.24) is 0 Å². The minimum Gasteiger partial charge on any atom is -0.455 e. The predicted octanol–water partition coefficient (Wildman–Crippen LogP) is 3.72. The van der Waals surface area contributed by atoms with Crippen LogP contribution in [-0.2, 0) is 6.54 Å². The minimum atomic E-state index is 0.550. The molecule has 1 N–H and O–H groups in total. The summed E-state index contributed by atoms with van der Waals surface area (Å²) in [6.07, 6.45) is 0. The quantitative estimate of drug-likeness (QED) is 0.858. The molecule has 0 radical (unpaired) electrons. The zero-order valence-electron chi connectivity index (χ0n) is 12.5. The highest BCUT2D eigenvalue weighted by Crippen LogP contribution is 2.37. The molecule has 0 amide bonds. The Balaban J connectivity index is 1.51. The van der Waals surface area contributed by atoms with Gasteiger partial charge in [0.2, 0.25) is 0 Å². The third-order valence-corrected chi connectivity index (χ3v) is 5.15. The van der Waals surface area contributed by atoms with E-state index in [9.17, 15) is 0 Å². The SMILES string of the molecule is c1ccc2c(c1)NCc1cc(C3=NCN=C3C3CS3)ccc1O2. The maximum atomic E-state index is 6.07. The van der Waals surface area contributed by atoms with E-state index in [1.54, 1.807) is 0 Å². The van der Waals surface area contributed by atoms with Crippen molar-refractivity contribution in [2.75, 3.05) is 17.7 Å². The van der Waals surface area contributed by atoms with Gasteiger partial charge in [-0.1, -0.05) is 12.1 Å². The van der Waals surface area contributed by atoms with Crippen LogP contribution >= 0.6 is 11.8 Å². The molecule has 3 aliphatic rings. The zero-order chi connectivity index (χ0) is 15.2. The summed E-state index contributed by atoms with van der Waals surface area (Å²) >= 11 is 1.94. The summed E-state index contributed by atoms with van der Waals surface area (Å²) in [7, 11) is 0. The smallest absolute Gasteiger partial charge is 0.150 e. The summed E-state index contributed by atoms with van der Waals surface area (Å²) in [6.45, 7) is 1.32. The normalized spacial score (nSPS) is 21.1. The van der Waals surface area contributed by atoms with E-state index in [1.807, 2.05) is 42.1 Å². The summed E-state index contributed by atoms with van der Waals surface area (Å²) in [4.78, 5) is 9.16. The van der Waals surface area contributed by atoms with Crippen LogP contribution in [0.25, 0.3) is 0 Å². The van der Waals surface area contributed by atoms with Gasteiger partial charge in [-0.2, -0.15) is 0 Å². The summed E-state index contributed by atoms with van der Waals surface area (Å²) in [6, 6.07) is 14.4. The molecule has 3 heterocycles. The number of thioether (sulfide) groups is 1. The van der Waals surface area contributed by atoms with Gasteiger partial charge in [-0.05, 0) is 30.3 Å². The first kappa shape index (κ1) is 13.2. The first-order valence-electron chi connectivity index (χ1n) is 7.73. The monoisotopic (exact) mass is 321 g/mol. The van der Waals surface area contributed by atoms with Crippen LogP contribution in [0.3, 0.4) is 0 Å². The van der Waals surface area contributed by atoms with Crippen LogP contribution in [0.2, 0.25) is 0 Å². The van der Waals surface area contributed by atoms with Crippen LogP contribution in [0.5, 0.6) is 11.5 Å². The first-order valence-corrected chi connectivity index (χ1v) is 8.78. The highest BCUT2D eigenvalue weighted by molar-refractivity contribution is 8.08. The molecule has 0 aliphatic carbocycles. The summed E-state index contributed by atoms with van der Waals surface area (Å²) < 4.78 is 6.07. The molecule has 2 aromatic rings. The average Bonchev–Trinajstić information content (AvgIpc) is 3.35. The van der Waals surface area contributed by atoms with Gasteiger partial charge in [0.1, 0.15) is 12.4 Å². The molecule has 5 heteroatoms. The molecule has 5 rings (SSSR count). The molecule has 0 spiro atoms. The summed E-state index contributed by atoms with van der Waals surface area (Å²) in [5.74, 6) is 2.95. The Morgan fingerprint density at radius 1 is 1.09 bits per heavy atom. The molecule has 1 atom stereocenters. The molecule has 3 aliphatic heterocycles. The number of hydrogen-bond donors (Lipinski definition) is 1. The topological polar surface area (TPSA) is 46.0 Å². The lowest BCUT2D eigenvalue weighted by molar-refractivity contribution is 0.484. The van der Waals surface area contributed by atoms with Gasteiger partial charge in [0.05, 0.1) is 22.4 Å². The van der Waals surface area contributed by atoms with Crippen LogP contribution < -0.4 is 10.1 Å². The Hall–Kier alpha value is -2.27. The number of nitrogens with zero attached hydrogens (tertiary/aromatic N) is 2. The lowest BCUT2D eigenvalue weighted by Gasteiger charge is -2.10. The molecule has 1 saturated heterocycles. The van der Waals surface area contributed by atoms with Crippen molar-refractivity contribution in [2.24, 2.45) is 9.98 Å². The number of benzene rings is 2. The van der Waals surface area contributed by atoms with Crippen molar-refractivity contribution < 1.29 is 4.74 Å². The molecule has 0 saturated carbocycles. The minimum absolute atomic E-state index is 0.550. The van der Waals surface area contributed by atoms with E-state index in [4.69, 9.17) is 4.74 Å². The van der Waals surface area contributed by atoms with Crippen molar-refractivity contribution in [2.45, 2.75) is 11.8 Å². The van der Waals surface area contributed by atoms with E-state index >= 15 is 0 Å². The number of para-hydroxylation sites is 2. The molecule has 1 fully saturated rings. The van der Waals surface area contributed by atoms with E-state index in [0.717, 1.165) is 40.6 Å². The molecule has 4 nitrogen and oxygen atoms in total. The molecular weight excluding hydrogens is 306 g/mol. The number of anilines is 1. The number of hydrogen-bond acceptors (Lipinski definition) is 5. The standard InChI is InChI=1S/C18H15N3OS/c1-2-4-15-13(3-1)19-8-12-7-11(5-6-14(12)22-15)17-18(16-9-23-16)21-10-20-17/h1-7,16,19H,8-10H2. The third kappa shape index (κ3) is 2.32. The fraction of sp³-hybridized carbons (Fsp3) is 0.222. The van der Waals surface area contributed by atoms with Crippen LogP contribution in [0.15, 0.2) is 52.4 Å². The van der Waals surface area contributed by atoms with Crippen molar-refractivity contribution in [1.29, 1.82) is 0 Å². The van der Waals surface area contributed by atoms with E-state index in [0.29, 0.717) is 11.9 Å². The molecule has 0 bridgehead atoms. The Morgan fingerprint density at radius 3 is 2.91 bits per heavy atom. The van der Waals surface area contributed by atoms with Crippen LogP contribution in [0, 0.1) is 0 Å². The number of ether oxygens (including phenoxy) is 1. The maximum absolute atomic E-state index is 6.07. The number of fused-ring (bicyclic) bond motifs is 2. The zero-order valence-corrected chi connectivity index (χ0v) is 13.3. The number of aliphatic imine (C=N–C) groups is 2. The van der Waals surface area contributed by atoms with Crippen molar-refractivity contribution in [3.05, 3.63) is 53.6 Å². The second-order valence-corrected chi connectivity index (χ2v) is 7.02.